The van der Waals surface area contributed by atoms with Crippen LogP contribution in [0.25, 0.3) is 0 Å². The van der Waals surface area contributed by atoms with E-state index in [1.807, 2.05) is 20.0 Å². The summed E-state index contributed by atoms with van der Waals surface area (Å²) >= 11 is 1.40. The molecule has 102 valence electrons. The lowest BCUT2D eigenvalue weighted by Gasteiger charge is -2.15. The Balaban J connectivity index is 2.12. The third kappa shape index (κ3) is 2.77. The van der Waals surface area contributed by atoms with E-state index in [1.165, 1.54) is 11.3 Å². The van der Waals surface area contributed by atoms with Gasteiger partial charge in [-0.3, -0.25) is 0 Å². The van der Waals surface area contributed by atoms with E-state index >= 15 is 0 Å². The molecule has 0 spiro atoms. The molecule has 0 radical (unpaired) electrons. The fraction of sp³-hybridized carbons (Fsp3) is 0.667. The van der Waals surface area contributed by atoms with E-state index in [-0.39, 0.29) is 0 Å². The molecule has 4 nitrogen and oxygen atoms in total. The Hall–Kier alpha value is -0.430. The van der Waals surface area contributed by atoms with Crippen LogP contribution in [-0.2, 0) is 16.4 Å². The van der Waals surface area contributed by atoms with E-state index in [0.717, 1.165) is 24.3 Å². The zero-order valence-corrected chi connectivity index (χ0v) is 12.5. The zero-order chi connectivity index (χ0) is 13.2. The molecule has 1 atom stereocenters. The summed E-state index contributed by atoms with van der Waals surface area (Å²) in [6, 6.07) is 3.66. The highest BCUT2D eigenvalue weighted by Gasteiger charge is 2.32. The molecule has 1 fully saturated rings. The highest BCUT2D eigenvalue weighted by Crippen LogP contribution is 2.28. The Bertz CT molecular complexity index is 496. The second-order valence-electron chi connectivity index (χ2n) is 4.65. The van der Waals surface area contributed by atoms with E-state index in [0.29, 0.717) is 23.2 Å². The first-order chi connectivity index (χ1) is 8.57. The van der Waals surface area contributed by atoms with Gasteiger partial charge in [0.05, 0.1) is 0 Å². The van der Waals surface area contributed by atoms with Crippen LogP contribution in [0.3, 0.4) is 0 Å². The first-order valence-electron chi connectivity index (χ1n) is 6.31. The summed E-state index contributed by atoms with van der Waals surface area (Å²) in [6.07, 6.45) is 1.84. The van der Waals surface area contributed by atoms with Crippen molar-refractivity contribution >= 4 is 21.4 Å². The second kappa shape index (κ2) is 5.69. The molecule has 0 aliphatic carbocycles. The number of thiophene rings is 1. The number of aryl methyl sites for hydroxylation is 1. The second-order valence-corrected chi connectivity index (χ2v) is 7.98. The average Bonchev–Trinajstić information content (AvgIpc) is 2.98. The number of hydrogen-bond donors (Lipinski definition) is 1. The van der Waals surface area contributed by atoms with E-state index in [1.54, 1.807) is 10.4 Å². The molecule has 1 unspecified atom stereocenters. The lowest BCUT2D eigenvalue weighted by molar-refractivity contribution is 0.452. The third-order valence-corrected chi connectivity index (χ3v) is 6.88. The van der Waals surface area contributed by atoms with Gasteiger partial charge >= 0.3 is 0 Å². The molecule has 6 heteroatoms. The Kier molecular flexibility index (Phi) is 4.42. The summed E-state index contributed by atoms with van der Waals surface area (Å²) in [6.45, 7) is 4.22. The monoisotopic (exact) mass is 288 g/mol. The molecule has 1 aromatic rings. The van der Waals surface area contributed by atoms with Gasteiger partial charge in [0.15, 0.2) is 0 Å². The van der Waals surface area contributed by atoms with Gasteiger partial charge in [0, 0.05) is 18.0 Å². The van der Waals surface area contributed by atoms with Crippen molar-refractivity contribution in [3.8, 4) is 0 Å². The number of sulfonamides is 1. The molecule has 2 rings (SSSR count). The Morgan fingerprint density at radius 1 is 1.50 bits per heavy atom. The van der Waals surface area contributed by atoms with Crippen LogP contribution in [-0.4, -0.2) is 39.4 Å². The van der Waals surface area contributed by atoms with Gasteiger partial charge in [0.2, 0.25) is 0 Å². The van der Waals surface area contributed by atoms with Gasteiger partial charge < -0.3 is 5.32 Å². The summed E-state index contributed by atoms with van der Waals surface area (Å²) in [5.74, 6) is 0.440. The Morgan fingerprint density at radius 3 is 2.89 bits per heavy atom. The summed E-state index contributed by atoms with van der Waals surface area (Å²) in [5, 5.41) is 3.12. The van der Waals surface area contributed by atoms with Crippen LogP contribution in [0.5, 0.6) is 0 Å². The minimum atomic E-state index is -3.26. The predicted molar refractivity (Wildman–Crippen MR) is 74.5 cm³/mol. The van der Waals surface area contributed by atoms with Crippen molar-refractivity contribution in [1.82, 2.24) is 9.62 Å². The van der Waals surface area contributed by atoms with E-state index < -0.39 is 10.0 Å². The number of hydrogen-bond acceptors (Lipinski definition) is 4. The summed E-state index contributed by atoms with van der Waals surface area (Å²) in [7, 11) is -1.35. The number of nitrogens with one attached hydrogen (secondary N) is 1. The van der Waals surface area contributed by atoms with E-state index in [9.17, 15) is 8.42 Å². The normalized spacial score (nSPS) is 21.6. The average molecular weight is 288 g/mol. The lowest BCUT2D eigenvalue weighted by atomic mass is 10.1. The molecule has 0 aromatic carbocycles. The molecule has 1 aliphatic rings. The molecular weight excluding hydrogens is 268 g/mol. The van der Waals surface area contributed by atoms with Crippen LogP contribution in [0.2, 0.25) is 0 Å². The molecule has 1 aromatic heterocycles. The van der Waals surface area contributed by atoms with Crippen LogP contribution in [0.15, 0.2) is 16.3 Å². The van der Waals surface area contributed by atoms with Crippen molar-refractivity contribution in [3.63, 3.8) is 0 Å². The molecular formula is C12H20N2O2S2. The van der Waals surface area contributed by atoms with Crippen LogP contribution in [0, 0.1) is 5.92 Å². The highest BCUT2D eigenvalue weighted by atomic mass is 32.2. The minimum Gasteiger partial charge on any atom is -0.319 e. The van der Waals surface area contributed by atoms with Crippen LogP contribution in [0.4, 0.5) is 0 Å². The maximum absolute atomic E-state index is 12.4. The van der Waals surface area contributed by atoms with E-state index in [4.69, 9.17) is 0 Å². The van der Waals surface area contributed by atoms with Gasteiger partial charge in [0.1, 0.15) is 4.21 Å². The first kappa shape index (κ1) is 14.0. The predicted octanol–water partition coefficient (Wildman–Crippen LogP) is 1.54. The summed E-state index contributed by atoms with van der Waals surface area (Å²) < 4.78 is 27.0. The van der Waals surface area contributed by atoms with Crippen molar-refractivity contribution < 1.29 is 8.42 Å². The standard InChI is InChI=1S/C12H20N2O2S2/c1-3-11-4-5-12(17-11)18(15,16)14-7-6-10(9-14)8-13-2/h4-5,10,13H,3,6-9H2,1-2H3. The fourth-order valence-corrected chi connectivity index (χ4v) is 5.27. The molecule has 1 N–H and O–H groups in total. The Morgan fingerprint density at radius 2 is 2.28 bits per heavy atom. The molecule has 1 saturated heterocycles. The van der Waals surface area contributed by atoms with Crippen LogP contribution < -0.4 is 5.32 Å². The largest absolute Gasteiger partial charge is 0.319 e. The van der Waals surface area contributed by atoms with Crippen molar-refractivity contribution in [1.29, 1.82) is 0 Å². The maximum atomic E-state index is 12.4. The molecule has 0 saturated carbocycles. The SMILES string of the molecule is CCc1ccc(S(=O)(=O)N2CCC(CNC)C2)s1. The third-order valence-electron chi connectivity index (χ3n) is 3.32. The molecule has 1 aliphatic heterocycles. The van der Waals surface area contributed by atoms with Crippen LogP contribution >= 0.6 is 11.3 Å². The number of rotatable bonds is 5. The van der Waals surface area contributed by atoms with Crippen molar-refractivity contribution in [3.05, 3.63) is 17.0 Å². The van der Waals surface area contributed by atoms with Crippen molar-refractivity contribution in [2.24, 2.45) is 5.92 Å². The Labute approximate surface area is 113 Å². The highest BCUT2D eigenvalue weighted by molar-refractivity contribution is 7.91. The zero-order valence-electron chi connectivity index (χ0n) is 10.8. The van der Waals surface area contributed by atoms with Gasteiger partial charge in [-0.1, -0.05) is 6.92 Å². The smallest absolute Gasteiger partial charge is 0.252 e. The summed E-state index contributed by atoms with van der Waals surface area (Å²) in [4.78, 5) is 1.12. The summed E-state index contributed by atoms with van der Waals surface area (Å²) in [5.41, 5.74) is 0. The van der Waals surface area contributed by atoms with Gasteiger partial charge in [0.25, 0.3) is 10.0 Å². The molecule has 18 heavy (non-hydrogen) atoms. The van der Waals surface area contributed by atoms with Gasteiger partial charge in [-0.15, -0.1) is 11.3 Å². The van der Waals surface area contributed by atoms with E-state index in [2.05, 4.69) is 5.32 Å². The van der Waals surface area contributed by atoms with Gasteiger partial charge in [-0.2, -0.15) is 4.31 Å². The molecule has 0 bridgehead atoms. The molecule has 0 amide bonds. The van der Waals surface area contributed by atoms with Crippen molar-refractivity contribution in [2.75, 3.05) is 26.7 Å². The topological polar surface area (TPSA) is 49.4 Å². The van der Waals surface area contributed by atoms with Crippen LogP contribution in [0.1, 0.15) is 18.2 Å². The lowest BCUT2D eigenvalue weighted by Crippen LogP contribution is -2.29. The minimum absolute atomic E-state index is 0.440. The van der Waals surface area contributed by atoms with Gasteiger partial charge in [-0.05, 0) is 44.5 Å². The maximum Gasteiger partial charge on any atom is 0.252 e. The first-order valence-corrected chi connectivity index (χ1v) is 8.57. The quantitative estimate of drug-likeness (QED) is 0.894. The van der Waals surface area contributed by atoms with Gasteiger partial charge in [-0.25, -0.2) is 8.42 Å². The van der Waals surface area contributed by atoms with Crippen molar-refractivity contribution in [2.45, 2.75) is 24.0 Å². The number of nitrogens with zero attached hydrogens (tertiary/aromatic N) is 1. The fourth-order valence-electron chi connectivity index (χ4n) is 2.28. The molecule has 2 heterocycles.